The first kappa shape index (κ1) is 11.0. The summed E-state index contributed by atoms with van der Waals surface area (Å²) in [5.41, 5.74) is 1.07. The van der Waals surface area contributed by atoms with Gasteiger partial charge in [0.2, 0.25) is 0 Å². The van der Waals surface area contributed by atoms with Crippen LogP contribution < -0.4 is 10.1 Å². The highest BCUT2D eigenvalue weighted by Crippen LogP contribution is 2.19. The van der Waals surface area contributed by atoms with Gasteiger partial charge in [0.05, 0.1) is 18.7 Å². The minimum Gasteiger partial charge on any atom is -0.493 e. The van der Waals surface area contributed by atoms with Crippen molar-refractivity contribution in [3.05, 3.63) is 29.8 Å². The third-order valence-electron chi connectivity index (χ3n) is 2.39. The summed E-state index contributed by atoms with van der Waals surface area (Å²) >= 11 is 0. The Morgan fingerprint density at radius 1 is 1.38 bits per heavy atom. The van der Waals surface area contributed by atoms with Crippen molar-refractivity contribution >= 4 is 5.84 Å². The molecule has 2 rings (SSSR count). The van der Waals surface area contributed by atoms with Crippen molar-refractivity contribution in [2.24, 2.45) is 10.9 Å². The lowest BCUT2D eigenvalue weighted by atomic mass is 10.2. The van der Waals surface area contributed by atoms with Gasteiger partial charge in [0.25, 0.3) is 0 Å². The molecule has 0 bridgehead atoms. The Kier molecular flexibility index (Phi) is 3.44. The molecule has 1 aromatic rings. The van der Waals surface area contributed by atoms with Crippen LogP contribution in [-0.4, -0.2) is 25.5 Å². The highest BCUT2D eigenvalue weighted by atomic mass is 16.5. The molecular formula is C13H18N2O. The number of hydrogen-bond donors (Lipinski definition) is 1. The van der Waals surface area contributed by atoms with E-state index in [0.29, 0.717) is 5.92 Å². The minimum atomic E-state index is 0.534. The average Bonchev–Trinajstić information content (AvgIpc) is 2.80. The lowest BCUT2D eigenvalue weighted by molar-refractivity contribution is 0.270. The lowest BCUT2D eigenvalue weighted by Crippen LogP contribution is -2.20. The van der Waals surface area contributed by atoms with Gasteiger partial charge in [0.1, 0.15) is 11.6 Å². The van der Waals surface area contributed by atoms with Crippen molar-refractivity contribution in [2.75, 3.05) is 19.7 Å². The van der Waals surface area contributed by atoms with E-state index in [1.54, 1.807) is 0 Å². The van der Waals surface area contributed by atoms with Gasteiger partial charge in [-0.05, 0) is 18.1 Å². The van der Waals surface area contributed by atoms with Crippen LogP contribution in [0.2, 0.25) is 0 Å². The maximum atomic E-state index is 5.79. The van der Waals surface area contributed by atoms with E-state index in [9.17, 15) is 0 Å². The number of para-hydroxylation sites is 1. The van der Waals surface area contributed by atoms with Gasteiger partial charge in [-0.2, -0.15) is 0 Å². The number of nitrogens with one attached hydrogen (secondary N) is 1. The van der Waals surface area contributed by atoms with Gasteiger partial charge in [-0.1, -0.05) is 26.0 Å². The molecule has 0 spiro atoms. The van der Waals surface area contributed by atoms with Gasteiger partial charge < -0.3 is 10.1 Å². The Balaban J connectivity index is 2.17. The topological polar surface area (TPSA) is 33.6 Å². The normalized spacial score (nSPS) is 14.8. The summed E-state index contributed by atoms with van der Waals surface area (Å²) in [7, 11) is 0. The predicted molar refractivity (Wildman–Crippen MR) is 66.2 cm³/mol. The van der Waals surface area contributed by atoms with Crippen LogP contribution in [0.25, 0.3) is 0 Å². The van der Waals surface area contributed by atoms with Gasteiger partial charge >= 0.3 is 0 Å². The molecule has 1 N–H and O–H groups in total. The number of nitrogens with zero attached hydrogens (tertiary/aromatic N) is 1. The molecule has 1 aliphatic heterocycles. The predicted octanol–water partition coefficient (Wildman–Crippen LogP) is 2.07. The molecule has 1 heterocycles. The van der Waals surface area contributed by atoms with E-state index in [1.165, 1.54) is 0 Å². The molecule has 0 fully saturated rings. The molecule has 0 aromatic heterocycles. The number of ether oxygens (including phenoxy) is 1. The number of rotatable bonds is 4. The zero-order valence-corrected chi connectivity index (χ0v) is 9.86. The number of aliphatic imine (C=N–C) groups is 1. The molecule has 0 radical (unpaired) electrons. The van der Waals surface area contributed by atoms with Gasteiger partial charge in [0, 0.05) is 6.54 Å². The Morgan fingerprint density at radius 2 is 2.19 bits per heavy atom. The first-order valence-electron chi connectivity index (χ1n) is 5.78. The first-order chi connectivity index (χ1) is 7.77. The van der Waals surface area contributed by atoms with E-state index in [4.69, 9.17) is 4.74 Å². The highest BCUT2D eigenvalue weighted by Gasteiger charge is 2.12. The summed E-state index contributed by atoms with van der Waals surface area (Å²) in [5, 5.41) is 3.27. The standard InChI is InChI=1S/C13H18N2O/c1-10(2)9-16-12-6-4-3-5-11(12)13-14-7-8-15-13/h3-6,10H,7-9H2,1-2H3,(H,14,15). The second-order valence-electron chi connectivity index (χ2n) is 4.36. The van der Waals surface area contributed by atoms with Crippen molar-refractivity contribution in [1.82, 2.24) is 5.32 Å². The van der Waals surface area contributed by atoms with Crippen LogP contribution >= 0.6 is 0 Å². The molecule has 0 unspecified atom stereocenters. The van der Waals surface area contributed by atoms with Crippen LogP contribution in [0.15, 0.2) is 29.3 Å². The Bertz CT molecular complexity index is 385. The smallest absolute Gasteiger partial charge is 0.132 e. The van der Waals surface area contributed by atoms with Gasteiger partial charge in [-0.25, -0.2) is 0 Å². The summed E-state index contributed by atoms with van der Waals surface area (Å²) in [4.78, 5) is 4.42. The zero-order chi connectivity index (χ0) is 11.4. The second kappa shape index (κ2) is 5.01. The van der Waals surface area contributed by atoms with Crippen LogP contribution in [-0.2, 0) is 0 Å². The summed E-state index contributed by atoms with van der Waals surface area (Å²) in [5.74, 6) is 2.41. The monoisotopic (exact) mass is 218 g/mol. The van der Waals surface area contributed by atoms with Crippen molar-refractivity contribution < 1.29 is 4.74 Å². The third kappa shape index (κ3) is 2.54. The average molecular weight is 218 g/mol. The van der Waals surface area contributed by atoms with Gasteiger partial charge in [-0.3, -0.25) is 4.99 Å². The minimum absolute atomic E-state index is 0.534. The molecule has 0 saturated heterocycles. The van der Waals surface area contributed by atoms with Gasteiger partial charge in [0.15, 0.2) is 0 Å². The molecule has 86 valence electrons. The lowest BCUT2D eigenvalue weighted by Gasteiger charge is -2.13. The van der Waals surface area contributed by atoms with E-state index >= 15 is 0 Å². The van der Waals surface area contributed by atoms with E-state index < -0.39 is 0 Å². The molecule has 1 aromatic carbocycles. The summed E-state index contributed by atoms with van der Waals surface area (Å²) in [6.45, 7) is 6.81. The van der Waals surface area contributed by atoms with Crippen molar-refractivity contribution in [2.45, 2.75) is 13.8 Å². The zero-order valence-electron chi connectivity index (χ0n) is 9.86. The maximum absolute atomic E-state index is 5.79. The fourth-order valence-corrected chi connectivity index (χ4v) is 1.62. The Hall–Kier alpha value is -1.51. The highest BCUT2D eigenvalue weighted by molar-refractivity contribution is 6.02. The van der Waals surface area contributed by atoms with E-state index in [2.05, 4.69) is 24.2 Å². The van der Waals surface area contributed by atoms with Crippen LogP contribution in [0.1, 0.15) is 19.4 Å². The fourth-order valence-electron chi connectivity index (χ4n) is 1.62. The van der Waals surface area contributed by atoms with E-state index in [1.807, 2.05) is 24.3 Å². The van der Waals surface area contributed by atoms with Crippen LogP contribution in [0, 0.1) is 5.92 Å². The second-order valence-corrected chi connectivity index (χ2v) is 4.36. The van der Waals surface area contributed by atoms with Crippen LogP contribution in [0.4, 0.5) is 0 Å². The summed E-state index contributed by atoms with van der Waals surface area (Å²) in [6, 6.07) is 8.06. The Morgan fingerprint density at radius 3 is 2.88 bits per heavy atom. The molecule has 0 amide bonds. The van der Waals surface area contributed by atoms with E-state index in [-0.39, 0.29) is 0 Å². The first-order valence-corrected chi connectivity index (χ1v) is 5.78. The number of hydrogen-bond acceptors (Lipinski definition) is 3. The molecule has 3 heteroatoms. The van der Waals surface area contributed by atoms with Gasteiger partial charge in [-0.15, -0.1) is 0 Å². The number of amidine groups is 1. The molecule has 3 nitrogen and oxygen atoms in total. The summed E-state index contributed by atoms with van der Waals surface area (Å²) in [6.07, 6.45) is 0. The molecule has 1 aliphatic rings. The van der Waals surface area contributed by atoms with Crippen molar-refractivity contribution in [3.8, 4) is 5.75 Å². The van der Waals surface area contributed by atoms with Crippen molar-refractivity contribution in [1.29, 1.82) is 0 Å². The third-order valence-corrected chi connectivity index (χ3v) is 2.39. The fraction of sp³-hybridized carbons (Fsp3) is 0.462. The summed E-state index contributed by atoms with van der Waals surface area (Å²) < 4.78 is 5.79. The molecule has 0 saturated carbocycles. The van der Waals surface area contributed by atoms with Crippen molar-refractivity contribution in [3.63, 3.8) is 0 Å². The SMILES string of the molecule is CC(C)COc1ccccc1C1=NCCN1. The Labute approximate surface area is 96.5 Å². The van der Waals surface area contributed by atoms with Crippen LogP contribution in [0.3, 0.4) is 0 Å². The molecule has 16 heavy (non-hydrogen) atoms. The molecule has 0 atom stereocenters. The number of benzene rings is 1. The van der Waals surface area contributed by atoms with Crippen LogP contribution in [0.5, 0.6) is 5.75 Å². The van der Waals surface area contributed by atoms with E-state index in [0.717, 1.165) is 36.8 Å². The maximum Gasteiger partial charge on any atom is 0.132 e. The molecule has 0 aliphatic carbocycles. The largest absolute Gasteiger partial charge is 0.493 e. The quantitative estimate of drug-likeness (QED) is 0.839. The molecular weight excluding hydrogens is 200 g/mol.